The van der Waals surface area contributed by atoms with Gasteiger partial charge in [-0.2, -0.15) is 0 Å². The summed E-state index contributed by atoms with van der Waals surface area (Å²) < 4.78 is 0. The molecule has 0 aromatic carbocycles. The van der Waals surface area contributed by atoms with Gasteiger partial charge in [0.2, 0.25) is 0 Å². The van der Waals surface area contributed by atoms with Crippen molar-refractivity contribution in [3.05, 3.63) is 0 Å². The Balaban J connectivity index is 3.61. The molecule has 0 saturated carbocycles. The fourth-order valence-corrected chi connectivity index (χ4v) is 1.09. The third-order valence-electron chi connectivity index (χ3n) is 1.40. The highest BCUT2D eigenvalue weighted by atomic mass is 15.1. The van der Waals surface area contributed by atoms with Gasteiger partial charge in [0.1, 0.15) is 0 Å². The highest BCUT2D eigenvalue weighted by Crippen LogP contribution is 1.91. The van der Waals surface area contributed by atoms with E-state index in [1.54, 1.807) is 0 Å². The van der Waals surface area contributed by atoms with Crippen LogP contribution in [0.1, 0.15) is 20.3 Å². The van der Waals surface area contributed by atoms with E-state index in [1.807, 2.05) is 6.92 Å². The molecule has 0 radical (unpaired) electrons. The van der Waals surface area contributed by atoms with Gasteiger partial charge < -0.3 is 5.73 Å². The summed E-state index contributed by atoms with van der Waals surface area (Å²) >= 11 is 0. The van der Waals surface area contributed by atoms with Crippen LogP contribution in [0.25, 0.3) is 0 Å². The van der Waals surface area contributed by atoms with Crippen LogP contribution in [-0.4, -0.2) is 30.6 Å². The van der Waals surface area contributed by atoms with E-state index in [4.69, 9.17) is 12.2 Å². The molecule has 0 saturated heterocycles. The zero-order valence-electron chi connectivity index (χ0n) is 7.51. The third kappa shape index (κ3) is 5.90. The SMILES string of the molecule is C#CCN(CCC)CC(C)N. The summed E-state index contributed by atoms with van der Waals surface area (Å²) in [5, 5.41) is 0. The van der Waals surface area contributed by atoms with Crippen molar-refractivity contribution >= 4 is 0 Å². The number of rotatable bonds is 5. The van der Waals surface area contributed by atoms with Gasteiger partial charge in [-0.15, -0.1) is 6.42 Å². The molecular weight excluding hydrogens is 136 g/mol. The smallest absolute Gasteiger partial charge is 0.0599 e. The minimum atomic E-state index is 0.217. The molecule has 0 rings (SSSR count). The predicted octanol–water partition coefficient (Wildman–Crippen LogP) is 0.679. The van der Waals surface area contributed by atoms with Crippen molar-refractivity contribution in [3.63, 3.8) is 0 Å². The van der Waals surface area contributed by atoms with E-state index in [-0.39, 0.29) is 6.04 Å². The lowest BCUT2D eigenvalue weighted by Crippen LogP contribution is -2.36. The van der Waals surface area contributed by atoms with Crippen LogP contribution in [0.3, 0.4) is 0 Å². The molecule has 1 atom stereocenters. The lowest BCUT2D eigenvalue weighted by Gasteiger charge is -2.20. The van der Waals surface area contributed by atoms with Crippen LogP contribution < -0.4 is 5.73 Å². The van der Waals surface area contributed by atoms with Gasteiger partial charge in [-0.25, -0.2) is 0 Å². The first-order valence-corrected chi connectivity index (χ1v) is 4.12. The molecule has 2 N–H and O–H groups in total. The van der Waals surface area contributed by atoms with E-state index in [9.17, 15) is 0 Å². The van der Waals surface area contributed by atoms with E-state index in [1.165, 1.54) is 0 Å². The van der Waals surface area contributed by atoms with Crippen molar-refractivity contribution in [3.8, 4) is 12.3 Å². The summed E-state index contributed by atoms with van der Waals surface area (Å²) in [6, 6.07) is 0.217. The lowest BCUT2D eigenvalue weighted by atomic mass is 10.3. The fraction of sp³-hybridized carbons (Fsp3) is 0.778. The zero-order valence-corrected chi connectivity index (χ0v) is 7.51. The predicted molar refractivity (Wildman–Crippen MR) is 49.2 cm³/mol. The molecule has 11 heavy (non-hydrogen) atoms. The largest absolute Gasteiger partial charge is 0.327 e. The number of nitrogens with two attached hydrogens (primary N) is 1. The summed E-state index contributed by atoms with van der Waals surface area (Å²) in [6.45, 7) is 6.81. The van der Waals surface area contributed by atoms with Crippen LogP contribution in [0.2, 0.25) is 0 Å². The molecular formula is C9H18N2. The second kappa shape index (κ2) is 6.21. The summed E-state index contributed by atoms with van der Waals surface area (Å²) in [5.41, 5.74) is 5.64. The molecule has 0 heterocycles. The van der Waals surface area contributed by atoms with E-state index in [0.29, 0.717) is 0 Å². The van der Waals surface area contributed by atoms with E-state index in [0.717, 1.165) is 26.1 Å². The maximum absolute atomic E-state index is 5.64. The average Bonchev–Trinajstić information content (AvgIpc) is 1.87. The molecule has 2 nitrogen and oxygen atoms in total. The number of hydrogen-bond acceptors (Lipinski definition) is 2. The van der Waals surface area contributed by atoms with E-state index >= 15 is 0 Å². The third-order valence-corrected chi connectivity index (χ3v) is 1.40. The van der Waals surface area contributed by atoms with E-state index < -0.39 is 0 Å². The Labute approximate surface area is 69.8 Å². The Bertz CT molecular complexity index is 124. The van der Waals surface area contributed by atoms with Crippen molar-refractivity contribution in [2.45, 2.75) is 26.3 Å². The van der Waals surface area contributed by atoms with Gasteiger partial charge in [0, 0.05) is 12.6 Å². The highest BCUT2D eigenvalue weighted by molar-refractivity contribution is 4.88. The van der Waals surface area contributed by atoms with Crippen molar-refractivity contribution in [1.29, 1.82) is 0 Å². The second-order valence-corrected chi connectivity index (χ2v) is 2.92. The molecule has 0 aliphatic rings. The number of terminal acetylenes is 1. The van der Waals surface area contributed by atoms with Gasteiger partial charge in [0.05, 0.1) is 6.54 Å². The van der Waals surface area contributed by atoms with Crippen LogP contribution >= 0.6 is 0 Å². The summed E-state index contributed by atoms with van der Waals surface area (Å²) in [5.74, 6) is 2.63. The molecule has 0 spiro atoms. The molecule has 0 amide bonds. The van der Waals surface area contributed by atoms with Crippen LogP contribution in [0.15, 0.2) is 0 Å². The minimum Gasteiger partial charge on any atom is -0.327 e. The zero-order chi connectivity index (χ0) is 8.69. The molecule has 0 aliphatic heterocycles. The first kappa shape index (κ1) is 10.5. The van der Waals surface area contributed by atoms with Gasteiger partial charge in [-0.1, -0.05) is 12.8 Å². The Morgan fingerprint density at radius 2 is 2.27 bits per heavy atom. The number of nitrogens with zero attached hydrogens (tertiary/aromatic N) is 1. The average molecular weight is 154 g/mol. The topological polar surface area (TPSA) is 29.3 Å². The van der Waals surface area contributed by atoms with Crippen molar-refractivity contribution in [2.24, 2.45) is 5.73 Å². The van der Waals surface area contributed by atoms with Gasteiger partial charge in [0.15, 0.2) is 0 Å². The Morgan fingerprint density at radius 3 is 2.64 bits per heavy atom. The van der Waals surface area contributed by atoms with Crippen LogP contribution in [0.4, 0.5) is 0 Å². The molecule has 0 fully saturated rings. The standard InChI is InChI=1S/C9H18N2/c1-4-6-11(7-5-2)8-9(3)10/h1,9H,5-8,10H2,2-3H3. The monoisotopic (exact) mass is 154 g/mol. The first-order valence-electron chi connectivity index (χ1n) is 4.12. The Kier molecular flexibility index (Phi) is 5.91. The van der Waals surface area contributed by atoms with Crippen LogP contribution in [-0.2, 0) is 0 Å². The van der Waals surface area contributed by atoms with Gasteiger partial charge in [-0.3, -0.25) is 4.90 Å². The quantitative estimate of drug-likeness (QED) is 0.590. The number of hydrogen-bond donors (Lipinski definition) is 1. The van der Waals surface area contributed by atoms with Gasteiger partial charge in [0.25, 0.3) is 0 Å². The summed E-state index contributed by atoms with van der Waals surface area (Å²) in [4.78, 5) is 2.20. The maximum atomic E-state index is 5.64. The molecule has 0 aromatic heterocycles. The van der Waals surface area contributed by atoms with Crippen molar-refractivity contribution in [1.82, 2.24) is 4.90 Å². The second-order valence-electron chi connectivity index (χ2n) is 2.92. The van der Waals surface area contributed by atoms with Gasteiger partial charge >= 0.3 is 0 Å². The normalized spacial score (nSPS) is 13.0. The van der Waals surface area contributed by atoms with Gasteiger partial charge in [-0.05, 0) is 19.9 Å². The first-order chi connectivity index (χ1) is 5.20. The molecule has 0 aliphatic carbocycles. The van der Waals surface area contributed by atoms with Crippen molar-refractivity contribution in [2.75, 3.05) is 19.6 Å². The highest BCUT2D eigenvalue weighted by Gasteiger charge is 2.03. The Morgan fingerprint density at radius 1 is 1.64 bits per heavy atom. The molecule has 64 valence electrons. The van der Waals surface area contributed by atoms with Crippen LogP contribution in [0, 0.1) is 12.3 Å². The minimum absolute atomic E-state index is 0.217. The summed E-state index contributed by atoms with van der Waals surface area (Å²) in [6.07, 6.45) is 6.34. The van der Waals surface area contributed by atoms with Crippen molar-refractivity contribution < 1.29 is 0 Å². The fourth-order valence-electron chi connectivity index (χ4n) is 1.09. The maximum Gasteiger partial charge on any atom is 0.0599 e. The van der Waals surface area contributed by atoms with Crippen LogP contribution in [0.5, 0.6) is 0 Å². The molecule has 0 bridgehead atoms. The Hall–Kier alpha value is -0.520. The summed E-state index contributed by atoms with van der Waals surface area (Å²) in [7, 11) is 0. The molecule has 1 unspecified atom stereocenters. The van der Waals surface area contributed by atoms with E-state index in [2.05, 4.69) is 17.7 Å². The molecule has 0 aromatic rings. The lowest BCUT2D eigenvalue weighted by molar-refractivity contribution is 0.292. The molecule has 2 heteroatoms.